The van der Waals surface area contributed by atoms with Gasteiger partial charge in [0.2, 0.25) is 5.91 Å². The molecule has 0 saturated carbocycles. The maximum atomic E-state index is 13.7. The number of nitrogens with one attached hydrogen (secondary N) is 1. The van der Waals surface area contributed by atoms with Crippen molar-refractivity contribution >= 4 is 34.5 Å². The molecule has 206 valence electrons. The SMILES string of the molecule is CCOC(=O)C1=C(c2ccccc2)N=C2SC=C(CC(=O)NCCN(C)C)N2[C@@H]1c1ccc(OC)cc1OC. The van der Waals surface area contributed by atoms with Gasteiger partial charge in [-0.1, -0.05) is 42.1 Å². The molecule has 2 heterocycles. The van der Waals surface area contributed by atoms with Crippen LogP contribution in [0.15, 0.2) is 70.2 Å². The number of likely N-dealkylation sites (N-methyl/N-ethyl adjacent to an activating group) is 1. The molecule has 1 amide bonds. The van der Waals surface area contributed by atoms with Gasteiger partial charge in [0, 0.05) is 36.0 Å². The number of thioether (sulfide) groups is 1. The first kappa shape index (κ1) is 28.3. The topological polar surface area (TPSA) is 92.7 Å². The molecule has 0 aliphatic carbocycles. The Bertz CT molecular complexity index is 1310. The molecular formula is C29H34N4O5S. The van der Waals surface area contributed by atoms with Gasteiger partial charge in [0.05, 0.1) is 44.6 Å². The first-order valence-corrected chi connectivity index (χ1v) is 13.6. The zero-order valence-electron chi connectivity index (χ0n) is 22.9. The van der Waals surface area contributed by atoms with Crippen molar-refractivity contribution in [2.45, 2.75) is 19.4 Å². The Kier molecular flexibility index (Phi) is 9.32. The highest BCUT2D eigenvalue weighted by Gasteiger charge is 2.43. The number of amidine groups is 1. The van der Waals surface area contributed by atoms with E-state index in [0.29, 0.717) is 34.5 Å². The van der Waals surface area contributed by atoms with Crippen LogP contribution in [-0.2, 0) is 14.3 Å². The van der Waals surface area contributed by atoms with Gasteiger partial charge in [0.25, 0.3) is 0 Å². The summed E-state index contributed by atoms with van der Waals surface area (Å²) in [4.78, 5) is 35.5. The van der Waals surface area contributed by atoms with Crippen molar-refractivity contribution in [3.05, 3.63) is 76.3 Å². The lowest BCUT2D eigenvalue weighted by atomic mass is 9.90. The molecule has 1 atom stereocenters. The van der Waals surface area contributed by atoms with E-state index in [9.17, 15) is 9.59 Å². The zero-order valence-corrected chi connectivity index (χ0v) is 23.7. The van der Waals surface area contributed by atoms with Gasteiger partial charge in [0.1, 0.15) is 11.5 Å². The molecule has 4 rings (SSSR count). The first-order valence-electron chi connectivity index (χ1n) is 12.7. The van der Waals surface area contributed by atoms with Crippen molar-refractivity contribution in [2.75, 3.05) is 48.0 Å². The normalized spacial score (nSPS) is 16.5. The summed E-state index contributed by atoms with van der Waals surface area (Å²) in [6.45, 7) is 3.25. The number of hydrogen-bond acceptors (Lipinski definition) is 9. The van der Waals surface area contributed by atoms with Crippen LogP contribution in [0.4, 0.5) is 0 Å². The van der Waals surface area contributed by atoms with E-state index in [0.717, 1.165) is 23.4 Å². The van der Waals surface area contributed by atoms with Crippen LogP contribution in [0.25, 0.3) is 5.70 Å². The van der Waals surface area contributed by atoms with Gasteiger partial charge < -0.3 is 29.3 Å². The Labute approximate surface area is 233 Å². The highest BCUT2D eigenvalue weighted by atomic mass is 32.2. The van der Waals surface area contributed by atoms with Crippen LogP contribution in [0.1, 0.15) is 30.5 Å². The maximum Gasteiger partial charge on any atom is 0.338 e. The van der Waals surface area contributed by atoms with Crippen LogP contribution < -0.4 is 14.8 Å². The second-order valence-electron chi connectivity index (χ2n) is 9.18. The number of amides is 1. The molecule has 2 aliphatic rings. The number of fused-ring (bicyclic) bond motifs is 1. The lowest BCUT2D eigenvalue weighted by Gasteiger charge is -2.37. The summed E-state index contributed by atoms with van der Waals surface area (Å²) < 4.78 is 16.8. The number of rotatable bonds is 11. The monoisotopic (exact) mass is 550 g/mol. The maximum absolute atomic E-state index is 13.7. The fourth-order valence-electron chi connectivity index (χ4n) is 4.47. The average molecular weight is 551 g/mol. The van der Waals surface area contributed by atoms with E-state index in [1.54, 1.807) is 27.2 Å². The summed E-state index contributed by atoms with van der Waals surface area (Å²) >= 11 is 1.42. The average Bonchev–Trinajstić information content (AvgIpc) is 3.34. The van der Waals surface area contributed by atoms with Gasteiger partial charge in [-0.25, -0.2) is 9.79 Å². The predicted molar refractivity (Wildman–Crippen MR) is 153 cm³/mol. The minimum atomic E-state index is -0.650. The summed E-state index contributed by atoms with van der Waals surface area (Å²) in [7, 11) is 7.08. The van der Waals surface area contributed by atoms with Gasteiger partial charge in [-0.15, -0.1) is 0 Å². The predicted octanol–water partition coefficient (Wildman–Crippen LogP) is 4.05. The Morgan fingerprint density at radius 1 is 1.10 bits per heavy atom. The van der Waals surface area contributed by atoms with Gasteiger partial charge >= 0.3 is 5.97 Å². The Balaban J connectivity index is 1.84. The number of aliphatic imine (C=N–C) groups is 1. The number of hydrogen-bond donors (Lipinski definition) is 1. The Hall–Kier alpha value is -3.76. The summed E-state index contributed by atoms with van der Waals surface area (Å²) in [6.07, 6.45) is 0.130. The molecule has 2 aliphatic heterocycles. The molecular weight excluding hydrogens is 516 g/mol. The van der Waals surface area contributed by atoms with Crippen LogP contribution in [0.5, 0.6) is 11.5 Å². The molecule has 2 aromatic carbocycles. The lowest BCUT2D eigenvalue weighted by molar-refractivity contribution is -0.139. The third-order valence-corrected chi connectivity index (χ3v) is 7.20. The fraction of sp³-hybridized carbons (Fsp3) is 0.345. The van der Waals surface area contributed by atoms with E-state index in [1.165, 1.54) is 11.8 Å². The zero-order chi connectivity index (χ0) is 27.9. The molecule has 0 radical (unpaired) electrons. The van der Waals surface area contributed by atoms with Gasteiger partial charge in [-0.05, 0) is 38.6 Å². The van der Waals surface area contributed by atoms with Crippen LogP contribution in [0, 0.1) is 0 Å². The molecule has 0 bridgehead atoms. The quantitative estimate of drug-likeness (QED) is 0.419. The van der Waals surface area contributed by atoms with E-state index in [2.05, 4.69) is 5.32 Å². The van der Waals surface area contributed by atoms with Crippen molar-refractivity contribution < 1.29 is 23.8 Å². The number of methoxy groups -OCH3 is 2. The molecule has 0 aromatic heterocycles. The molecule has 0 fully saturated rings. The molecule has 39 heavy (non-hydrogen) atoms. The highest BCUT2D eigenvalue weighted by Crippen LogP contribution is 2.49. The fourth-order valence-corrected chi connectivity index (χ4v) is 5.39. The third kappa shape index (κ3) is 6.29. The number of nitrogens with zero attached hydrogens (tertiary/aromatic N) is 3. The van der Waals surface area contributed by atoms with Crippen molar-refractivity contribution in [1.82, 2.24) is 15.1 Å². The van der Waals surface area contributed by atoms with Gasteiger partial charge in [-0.3, -0.25) is 4.79 Å². The first-order chi connectivity index (χ1) is 18.9. The third-order valence-electron chi connectivity index (χ3n) is 6.31. The molecule has 0 unspecified atom stereocenters. The van der Waals surface area contributed by atoms with Crippen molar-refractivity contribution in [3.8, 4) is 11.5 Å². The van der Waals surface area contributed by atoms with Crippen LogP contribution in [0.3, 0.4) is 0 Å². The van der Waals surface area contributed by atoms with Crippen molar-refractivity contribution in [1.29, 1.82) is 0 Å². The van der Waals surface area contributed by atoms with E-state index >= 15 is 0 Å². The van der Waals surface area contributed by atoms with Gasteiger partial charge in [-0.2, -0.15) is 0 Å². The summed E-state index contributed by atoms with van der Waals surface area (Å²) in [5, 5.41) is 5.56. The molecule has 9 nitrogen and oxygen atoms in total. The lowest BCUT2D eigenvalue weighted by Crippen LogP contribution is -2.38. The molecule has 10 heteroatoms. The minimum Gasteiger partial charge on any atom is -0.497 e. The van der Waals surface area contributed by atoms with Gasteiger partial charge in [0.15, 0.2) is 5.17 Å². The van der Waals surface area contributed by atoms with E-state index in [4.69, 9.17) is 19.2 Å². The summed E-state index contributed by atoms with van der Waals surface area (Å²) in [5.41, 5.74) is 3.15. The number of ether oxygens (including phenoxy) is 3. The second-order valence-corrected chi connectivity index (χ2v) is 10.0. The molecule has 0 saturated heterocycles. The van der Waals surface area contributed by atoms with Crippen molar-refractivity contribution in [2.24, 2.45) is 4.99 Å². The Morgan fingerprint density at radius 2 is 1.87 bits per heavy atom. The number of carbonyl (C=O) groups is 2. The van der Waals surface area contributed by atoms with Crippen molar-refractivity contribution in [3.63, 3.8) is 0 Å². The largest absolute Gasteiger partial charge is 0.497 e. The highest BCUT2D eigenvalue weighted by molar-refractivity contribution is 8.16. The standard InChI is InChI=1S/C29H34N4O5S/c1-6-38-28(35)25-26(19-10-8-7-9-11-19)31-29-33(20(18-39-29)16-24(34)30-14-15-32(2)3)27(25)22-13-12-21(36-4)17-23(22)37-5/h7-13,17-18,27H,6,14-16H2,1-5H3,(H,30,34)/t27-/m1/s1. The van der Waals surface area contributed by atoms with E-state index in [-0.39, 0.29) is 18.9 Å². The van der Waals surface area contributed by atoms with E-state index in [1.807, 2.05) is 71.8 Å². The number of carbonyl (C=O) groups excluding carboxylic acids is 2. The van der Waals surface area contributed by atoms with Crippen LogP contribution in [0.2, 0.25) is 0 Å². The van der Waals surface area contributed by atoms with Crippen LogP contribution >= 0.6 is 11.8 Å². The number of benzene rings is 2. The molecule has 2 aromatic rings. The smallest absolute Gasteiger partial charge is 0.338 e. The minimum absolute atomic E-state index is 0.110. The molecule has 0 spiro atoms. The summed E-state index contributed by atoms with van der Waals surface area (Å²) in [5.74, 6) is 0.577. The summed E-state index contributed by atoms with van der Waals surface area (Å²) in [6, 6.07) is 14.4. The Morgan fingerprint density at radius 3 is 2.54 bits per heavy atom. The second kappa shape index (κ2) is 12.9. The van der Waals surface area contributed by atoms with E-state index < -0.39 is 12.0 Å². The number of esters is 1. The van der Waals surface area contributed by atoms with Crippen LogP contribution in [-0.4, -0.2) is 74.9 Å². The molecule has 1 N–H and O–H groups in total.